The standard InChI is InChI=1S/C11H12N3O.ClH/c1-2-8-14-10(11(12)15-13-14)9-6-4-3-5-7-9;/h2-7H,1,8,12H2;1H/q+1;/p-1. The van der Waals surface area contributed by atoms with Crippen molar-refractivity contribution in [1.29, 1.82) is 0 Å². The van der Waals surface area contributed by atoms with Gasteiger partial charge < -0.3 is 18.1 Å². The molecule has 0 amide bonds. The van der Waals surface area contributed by atoms with Gasteiger partial charge in [0.2, 0.25) is 5.27 Å². The number of hydrogen-bond acceptors (Lipinski definition) is 3. The molecule has 1 aromatic carbocycles. The van der Waals surface area contributed by atoms with Gasteiger partial charge >= 0.3 is 11.6 Å². The molecule has 0 aliphatic heterocycles. The Hall–Kier alpha value is -1.81. The van der Waals surface area contributed by atoms with Gasteiger partial charge in [-0.2, -0.15) is 0 Å². The summed E-state index contributed by atoms with van der Waals surface area (Å²) in [5.41, 5.74) is 7.49. The van der Waals surface area contributed by atoms with Crippen LogP contribution in [0.4, 0.5) is 5.88 Å². The van der Waals surface area contributed by atoms with Gasteiger partial charge in [-0.1, -0.05) is 24.8 Å². The van der Waals surface area contributed by atoms with Crippen molar-refractivity contribution in [1.82, 2.24) is 5.27 Å². The van der Waals surface area contributed by atoms with E-state index in [4.69, 9.17) is 10.3 Å². The van der Waals surface area contributed by atoms with E-state index in [0.29, 0.717) is 12.4 Å². The fourth-order valence-corrected chi connectivity index (χ4v) is 1.44. The molecule has 0 unspecified atom stereocenters. The maximum absolute atomic E-state index is 5.72. The van der Waals surface area contributed by atoms with Crippen molar-refractivity contribution < 1.29 is 21.6 Å². The number of hydrogen-bond donors (Lipinski definition) is 1. The van der Waals surface area contributed by atoms with Gasteiger partial charge in [-0.05, 0) is 22.9 Å². The fraction of sp³-hybridized carbons (Fsp3) is 0.0909. The number of rotatable bonds is 3. The van der Waals surface area contributed by atoms with Crippen LogP contribution < -0.4 is 22.8 Å². The first-order valence-corrected chi connectivity index (χ1v) is 4.64. The highest BCUT2D eigenvalue weighted by molar-refractivity contribution is 5.64. The van der Waals surface area contributed by atoms with Crippen molar-refractivity contribution in [2.45, 2.75) is 6.54 Å². The molecule has 84 valence electrons. The quantitative estimate of drug-likeness (QED) is 0.517. The Morgan fingerprint density at radius 1 is 1.38 bits per heavy atom. The third-order valence-corrected chi connectivity index (χ3v) is 2.08. The molecule has 1 aromatic heterocycles. The van der Waals surface area contributed by atoms with Crippen LogP contribution in [0.3, 0.4) is 0 Å². The molecule has 16 heavy (non-hydrogen) atoms. The van der Waals surface area contributed by atoms with Crippen LogP contribution >= 0.6 is 0 Å². The SMILES string of the molecule is C=CC[n+]1noc(N)c1-c1ccccc1.[Cl-]. The predicted molar refractivity (Wildman–Crippen MR) is 56.7 cm³/mol. The number of nitrogens with zero attached hydrogens (tertiary/aromatic N) is 2. The lowest BCUT2D eigenvalue weighted by Crippen LogP contribution is -3.00. The normalized spacial score (nSPS) is 9.50. The first kappa shape index (κ1) is 12.3. The molecule has 0 radical (unpaired) electrons. The lowest BCUT2D eigenvalue weighted by molar-refractivity contribution is -0.743. The second-order valence-corrected chi connectivity index (χ2v) is 3.12. The van der Waals surface area contributed by atoms with Gasteiger partial charge in [0.25, 0.3) is 0 Å². The lowest BCUT2D eigenvalue weighted by Gasteiger charge is -1.92. The molecule has 0 fully saturated rings. The minimum absolute atomic E-state index is 0. The molecule has 0 aliphatic carbocycles. The molecular formula is C11H12ClN3O. The molecule has 0 aliphatic rings. The monoisotopic (exact) mass is 237 g/mol. The highest BCUT2D eigenvalue weighted by Crippen LogP contribution is 2.20. The van der Waals surface area contributed by atoms with E-state index in [0.717, 1.165) is 11.3 Å². The van der Waals surface area contributed by atoms with Crippen LogP contribution in [-0.4, -0.2) is 5.27 Å². The summed E-state index contributed by atoms with van der Waals surface area (Å²) < 4.78 is 6.62. The zero-order valence-corrected chi connectivity index (χ0v) is 9.39. The molecule has 0 saturated heterocycles. The summed E-state index contributed by atoms with van der Waals surface area (Å²) in [6, 6.07) is 9.76. The molecule has 0 spiro atoms. The number of benzene rings is 1. The van der Waals surface area contributed by atoms with Crippen molar-refractivity contribution in [3.63, 3.8) is 0 Å². The van der Waals surface area contributed by atoms with Crippen LogP contribution in [0.15, 0.2) is 47.5 Å². The Kier molecular flexibility index (Phi) is 4.08. The van der Waals surface area contributed by atoms with Gasteiger partial charge in [0.15, 0.2) is 6.54 Å². The smallest absolute Gasteiger partial charge is 0.305 e. The molecule has 2 N–H and O–H groups in total. The Morgan fingerprint density at radius 2 is 2.06 bits per heavy atom. The Bertz CT molecular complexity index is 467. The van der Waals surface area contributed by atoms with Crippen molar-refractivity contribution in [2.24, 2.45) is 0 Å². The number of nitrogens with two attached hydrogens (primary N) is 1. The van der Waals surface area contributed by atoms with Crippen LogP contribution in [0.25, 0.3) is 11.3 Å². The Balaban J connectivity index is 0.00000128. The summed E-state index contributed by atoms with van der Waals surface area (Å²) in [5.74, 6) is 0.322. The second kappa shape index (κ2) is 5.32. The van der Waals surface area contributed by atoms with Gasteiger partial charge in [-0.25, -0.2) is 0 Å². The fourth-order valence-electron chi connectivity index (χ4n) is 1.44. The van der Waals surface area contributed by atoms with E-state index in [-0.39, 0.29) is 12.4 Å². The minimum Gasteiger partial charge on any atom is -1.00 e. The zero-order chi connectivity index (χ0) is 10.7. The van der Waals surface area contributed by atoms with E-state index in [2.05, 4.69) is 11.9 Å². The summed E-state index contributed by atoms with van der Waals surface area (Å²) in [4.78, 5) is 0. The summed E-state index contributed by atoms with van der Waals surface area (Å²) >= 11 is 0. The molecule has 2 aromatic rings. The van der Waals surface area contributed by atoms with E-state index < -0.39 is 0 Å². The third-order valence-electron chi connectivity index (χ3n) is 2.08. The lowest BCUT2D eigenvalue weighted by atomic mass is 10.1. The van der Waals surface area contributed by atoms with Gasteiger partial charge in [0.05, 0.1) is 5.56 Å². The summed E-state index contributed by atoms with van der Waals surface area (Å²) in [7, 11) is 0. The van der Waals surface area contributed by atoms with Crippen LogP contribution in [-0.2, 0) is 6.54 Å². The van der Waals surface area contributed by atoms with Crippen LogP contribution in [0, 0.1) is 0 Å². The van der Waals surface area contributed by atoms with Crippen LogP contribution in [0.5, 0.6) is 0 Å². The molecule has 0 bridgehead atoms. The average Bonchev–Trinajstić information content (AvgIpc) is 2.62. The third kappa shape index (κ3) is 2.23. The largest absolute Gasteiger partial charge is 1.00 e. The number of nitrogen functional groups attached to an aromatic ring is 1. The first-order valence-electron chi connectivity index (χ1n) is 4.64. The van der Waals surface area contributed by atoms with E-state index in [1.807, 2.05) is 30.3 Å². The van der Waals surface area contributed by atoms with E-state index >= 15 is 0 Å². The highest BCUT2D eigenvalue weighted by Gasteiger charge is 2.22. The van der Waals surface area contributed by atoms with Crippen molar-refractivity contribution in [2.75, 3.05) is 5.73 Å². The zero-order valence-electron chi connectivity index (χ0n) is 8.64. The van der Waals surface area contributed by atoms with Gasteiger partial charge in [-0.3, -0.25) is 4.52 Å². The molecule has 0 atom stereocenters. The summed E-state index contributed by atoms with van der Waals surface area (Å²) in [6.07, 6.45) is 1.74. The van der Waals surface area contributed by atoms with Crippen molar-refractivity contribution in [3.8, 4) is 11.3 Å². The minimum atomic E-state index is 0. The average molecular weight is 238 g/mol. The number of halogens is 1. The predicted octanol–water partition coefficient (Wildman–Crippen LogP) is -1.60. The topological polar surface area (TPSA) is 55.9 Å². The summed E-state index contributed by atoms with van der Waals surface area (Å²) in [5, 5.41) is 3.83. The highest BCUT2D eigenvalue weighted by atomic mass is 35.5. The molecule has 4 nitrogen and oxygen atoms in total. The van der Waals surface area contributed by atoms with Crippen LogP contribution in [0.1, 0.15) is 0 Å². The van der Waals surface area contributed by atoms with E-state index in [1.165, 1.54) is 0 Å². The Morgan fingerprint density at radius 3 is 2.69 bits per heavy atom. The number of anilines is 1. The molecule has 1 heterocycles. The number of aromatic nitrogens is 2. The van der Waals surface area contributed by atoms with Crippen molar-refractivity contribution in [3.05, 3.63) is 43.0 Å². The molecule has 5 heteroatoms. The van der Waals surface area contributed by atoms with Gasteiger partial charge in [0.1, 0.15) is 0 Å². The maximum Gasteiger partial charge on any atom is 0.305 e. The maximum atomic E-state index is 5.72. The van der Waals surface area contributed by atoms with Gasteiger partial charge in [0, 0.05) is 0 Å². The van der Waals surface area contributed by atoms with Crippen molar-refractivity contribution >= 4 is 5.88 Å². The molecular weight excluding hydrogens is 226 g/mol. The summed E-state index contributed by atoms with van der Waals surface area (Å²) in [6.45, 7) is 4.23. The first-order chi connectivity index (χ1) is 7.33. The molecule has 0 saturated carbocycles. The van der Waals surface area contributed by atoms with Crippen LogP contribution in [0.2, 0.25) is 0 Å². The Labute approximate surface area is 99.8 Å². The molecule has 2 rings (SSSR count). The second-order valence-electron chi connectivity index (χ2n) is 3.12. The van der Waals surface area contributed by atoms with E-state index in [9.17, 15) is 0 Å². The van der Waals surface area contributed by atoms with E-state index in [1.54, 1.807) is 10.8 Å². The number of allylic oxidation sites excluding steroid dienone is 1. The van der Waals surface area contributed by atoms with Gasteiger partial charge in [-0.15, -0.1) is 0 Å².